The van der Waals surface area contributed by atoms with Crippen molar-refractivity contribution in [1.82, 2.24) is 5.32 Å². The largest absolute Gasteiger partial charge is 0.316 e. The van der Waals surface area contributed by atoms with Crippen molar-refractivity contribution in [2.24, 2.45) is 28.7 Å². The normalized spacial score (nSPS) is 41.1. The van der Waals surface area contributed by atoms with Crippen LogP contribution in [-0.2, 0) is 0 Å². The van der Waals surface area contributed by atoms with Crippen LogP contribution in [0.4, 0.5) is 0 Å². The van der Waals surface area contributed by atoms with Gasteiger partial charge < -0.3 is 5.32 Å². The van der Waals surface area contributed by atoms with Gasteiger partial charge in [0.1, 0.15) is 0 Å². The lowest BCUT2D eigenvalue weighted by Crippen LogP contribution is -2.40. The summed E-state index contributed by atoms with van der Waals surface area (Å²) in [5.74, 6) is 3.15. The van der Waals surface area contributed by atoms with Crippen molar-refractivity contribution in [2.45, 2.75) is 19.3 Å². The zero-order chi connectivity index (χ0) is 11.0. The fourth-order valence-electron chi connectivity index (χ4n) is 3.79. The topological polar surface area (TPSA) is 24.4 Å². The molecule has 3 aliphatic rings. The van der Waals surface area contributed by atoms with Gasteiger partial charge in [-0.1, -0.05) is 12.2 Å². The number of allylic oxidation sites excluding steroid dienone is 2. The Labute approximate surface area is 97.5 Å². The van der Waals surface area contributed by atoms with Crippen LogP contribution in [0.15, 0.2) is 29.9 Å². The number of nitrogens with zero attached hydrogens (tertiary/aromatic N) is 1. The Hall–Kier alpha value is -0.890. The van der Waals surface area contributed by atoms with Crippen LogP contribution in [0, 0.1) is 23.7 Å². The van der Waals surface area contributed by atoms with E-state index in [0.29, 0.717) is 5.92 Å². The molecule has 86 valence electrons. The van der Waals surface area contributed by atoms with Crippen LogP contribution < -0.4 is 5.32 Å². The van der Waals surface area contributed by atoms with E-state index in [4.69, 9.17) is 0 Å². The Morgan fingerprint density at radius 2 is 2.44 bits per heavy atom. The first-order valence-electron chi connectivity index (χ1n) is 6.43. The van der Waals surface area contributed by atoms with Crippen molar-refractivity contribution < 1.29 is 0 Å². The maximum absolute atomic E-state index is 4.62. The molecule has 0 aromatic rings. The maximum Gasteiger partial charge on any atom is 0.0227 e. The molecule has 0 amide bonds. The summed E-state index contributed by atoms with van der Waals surface area (Å²) in [6.45, 7) is 6.32. The predicted octanol–water partition coefficient (Wildman–Crippen LogP) is 2.39. The van der Waals surface area contributed by atoms with Crippen molar-refractivity contribution in [1.29, 1.82) is 0 Å². The molecule has 0 aromatic carbocycles. The van der Waals surface area contributed by atoms with E-state index in [9.17, 15) is 0 Å². The van der Waals surface area contributed by atoms with Crippen molar-refractivity contribution >= 4 is 5.71 Å². The third-order valence-electron chi connectivity index (χ3n) is 4.53. The van der Waals surface area contributed by atoms with Gasteiger partial charge in [0.15, 0.2) is 0 Å². The first-order valence-corrected chi connectivity index (χ1v) is 6.43. The van der Waals surface area contributed by atoms with Gasteiger partial charge in [-0.15, -0.1) is 6.58 Å². The molecule has 1 saturated heterocycles. The third kappa shape index (κ3) is 1.56. The zero-order valence-corrected chi connectivity index (χ0v) is 9.73. The second-order valence-electron chi connectivity index (χ2n) is 5.32. The Morgan fingerprint density at radius 1 is 1.50 bits per heavy atom. The molecule has 0 aromatic heterocycles. The number of rotatable bonds is 2. The fraction of sp³-hybridized carbons (Fsp3) is 0.643. The lowest BCUT2D eigenvalue weighted by atomic mass is 9.64. The van der Waals surface area contributed by atoms with Gasteiger partial charge in [-0.05, 0) is 50.1 Å². The first-order chi connectivity index (χ1) is 7.90. The average Bonchev–Trinajstić information content (AvgIpc) is 2.77. The van der Waals surface area contributed by atoms with Gasteiger partial charge >= 0.3 is 0 Å². The van der Waals surface area contributed by atoms with E-state index in [0.717, 1.165) is 24.2 Å². The van der Waals surface area contributed by atoms with E-state index in [1.807, 2.05) is 6.20 Å². The molecule has 2 nitrogen and oxygen atoms in total. The van der Waals surface area contributed by atoms with Crippen LogP contribution in [0.2, 0.25) is 0 Å². The molecule has 0 radical (unpaired) electrons. The van der Waals surface area contributed by atoms with Gasteiger partial charge in [0, 0.05) is 17.8 Å². The van der Waals surface area contributed by atoms with E-state index in [1.54, 1.807) is 0 Å². The molecule has 1 N–H and O–H groups in total. The quantitative estimate of drug-likeness (QED) is 0.704. The van der Waals surface area contributed by atoms with Crippen LogP contribution in [-0.4, -0.2) is 18.8 Å². The van der Waals surface area contributed by atoms with Gasteiger partial charge in [0.2, 0.25) is 0 Å². The highest BCUT2D eigenvalue weighted by atomic mass is 14.9. The van der Waals surface area contributed by atoms with Crippen molar-refractivity contribution in [3.63, 3.8) is 0 Å². The SMILES string of the molecule is C=CCC1C2CC=CN=C2C[C@@H]2CNC[C@@H]12. The van der Waals surface area contributed by atoms with Crippen molar-refractivity contribution in [3.8, 4) is 0 Å². The van der Waals surface area contributed by atoms with E-state index in [2.05, 4.69) is 29.0 Å². The highest BCUT2D eigenvalue weighted by Gasteiger charge is 2.43. The highest BCUT2D eigenvalue weighted by Crippen LogP contribution is 2.43. The second kappa shape index (κ2) is 4.17. The minimum absolute atomic E-state index is 0.698. The summed E-state index contributed by atoms with van der Waals surface area (Å²) >= 11 is 0. The van der Waals surface area contributed by atoms with Crippen LogP contribution in [0.1, 0.15) is 19.3 Å². The Balaban J connectivity index is 1.89. The Kier molecular flexibility index (Phi) is 2.68. The standard InChI is InChI=1S/C14H20N2/c1-2-4-11-12-5-3-6-16-14(12)7-10-8-15-9-13(10)11/h2-3,6,10-13,15H,1,4-5,7-9H2/t10-,11?,12?,13-/m1/s1. The summed E-state index contributed by atoms with van der Waals surface area (Å²) in [4.78, 5) is 4.62. The van der Waals surface area contributed by atoms with Gasteiger partial charge in [-0.2, -0.15) is 0 Å². The molecular formula is C14H20N2. The Morgan fingerprint density at radius 3 is 3.31 bits per heavy atom. The van der Waals surface area contributed by atoms with E-state index in [-0.39, 0.29) is 0 Å². The first kappa shape index (κ1) is 10.3. The molecule has 0 bridgehead atoms. The van der Waals surface area contributed by atoms with Crippen molar-refractivity contribution in [3.05, 3.63) is 24.9 Å². The lowest BCUT2D eigenvalue weighted by Gasteiger charge is -2.41. The molecule has 2 aliphatic heterocycles. The zero-order valence-electron chi connectivity index (χ0n) is 9.73. The number of hydrogen-bond acceptors (Lipinski definition) is 2. The van der Waals surface area contributed by atoms with E-state index < -0.39 is 0 Å². The van der Waals surface area contributed by atoms with E-state index >= 15 is 0 Å². The molecule has 2 heteroatoms. The van der Waals surface area contributed by atoms with Gasteiger partial charge in [0.25, 0.3) is 0 Å². The highest BCUT2D eigenvalue weighted by molar-refractivity contribution is 5.89. The van der Waals surface area contributed by atoms with Gasteiger partial charge in [-0.25, -0.2) is 0 Å². The lowest BCUT2D eigenvalue weighted by molar-refractivity contribution is 0.211. The molecule has 2 heterocycles. The summed E-state index contributed by atoms with van der Waals surface area (Å²) in [5, 5.41) is 3.55. The van der Waals surface area contributed by atoms with Crippen LogP contribution in [0.3, 0.4) is 0 Å². The van der Waals surface area contributed by atoms with Crippen LogP contribution >= 0.6 is 0 Å². The summed E-state index contributed by atoms with van der Waals surface area (Å²) in [6, 6.07) is 0. The molecule has 2 fully saturated rings. The monoisotopic (exact) mass is 216 g/mol. The predicted molar refractivity (Wildman–Crippen MR) is 67.5 cm³/mol. The Bertz CT molecular complexity index is 343. The summed E-state index contributed by atoms with van der Waals surface area (Å²) in [7, 11) is 0. The number of nitrogens with one attached hydrogen (secondary N) is 1. The molecule has 1 saturated carbocycles. The van der Waals surface area contributed by atoms with Crippen LogP contribution in [0.5, 0.6) is 0 Å². The molecule has 4 atom stereocenters. The molecule has 0 spiro atoms. The summed E-state index contributed by atoms with van der Waals surface area (Å²) in [6.07, 6.45) is 9.90. The van der Waals surface area contributed by atoms with Crippen molar-refractivity contribution in [2.75, 3.05) is 13.1 Å². The molecule has 2 unspecified atom stereocenters. The van der Waals surface area contributed by atoms with Crippen LogP contribution in [0.25, 0.3) is 0 Å². The molecule has 3 rings (SSSR count). The smallest absolute Gasteiger partial charge is 0.0227 e. The summed E-state index contributed by atoms with van der Waals surface area (Å²) in [5.41, 5.74) is 1.46. The molecule has 1 aliphatic carbocycles. The summed E-state index contributed by atoms with van der Waals surface area (Å²) < 4.78 is 0. The van der Waals surface area contributed by atoms with E-state index in [1.165, 1.54) is 31.6 Å². The van der Waals surface area contributed by atoms with Gasteiger partial charge in [0.05, 0.1) is 0 Å². The minimum Gasteiger partial charge on any atom is -0.316 e. The van der Waals surface area contributed by atoms with Gasteiger partial charge in [-0.3, -0.25) is 4.99 Å². The maximum atomic E-state index is 4.62. The number of hydrogen-bond donors (Lipinski definition) is 1. The third-order valence-corrected chi connectivity index (χ3v) is 4.53. The second-order valence-corrected chi connectivity index (χ2v) is 5.32. The minimum atomic E-state index is 0.698. The fourth-order valence-corrected chi connectivity index (χ4v) is 3.79. The number of fused-ring (bicyclic) bond motifs is 2. The molecule has 16 heavy (non-hydrogen) atoms. The average molecular weight is 216 g/mol. The molecular weight excluding hydrogens is 196 g/mol. The number of aliphatic imine (C=N–C) groups is 1.